The zero-order valence-electron chi connectivity index (χ0n) is 14.2. The van der Waals surface area contributed by atoms with Crippen LogP contribution < -0.4 is 0 Å². The lowest BCUT2D eigenvalue weighted by Crippen LogP contribution is -2.29. The van der Waals surface area contributed by atoms with E-state index < -0.39 is 24.3 Å². The molecule has 3 N–H and O–H groups in total. The molecule has 0 radical (unpaired) electrons. The van der Waals surface area contributed by atoms with Crippen LogP contribution in [0.1, 0.15) is 71.1 Å². The van der Waals surface area contributed by atoms with Gasteiger partial charge in [0.2, 0.25) is 0 Å². The van der Waals surface area contributed by atoms with E-state index in [-0.39, 0.29) is 12.5 Å². The van der Waals surface area contributed by atoms with Crippen molar-refractivity contribution in [3.8, 4) is 0 Å². The number of unbranched alkanes of at least 4 members (excludes halogenated alkanes) is 2. The first-order valence-corrected chi connectivity index (χ1v) is 8.96. The highest BCUT2D eigenvalue weighted by Gasteiger charge is 2.19. The largest absolute Gasteiger partial charge is 0.459 e. The van der Waals surface area contributed by atoms with Crippen LogP contribution in [0.15, 0.2) is 12.2 Å². The molecule has 1 unspecified atom stereocenters. The Labute approximate surface area is 139 Å². The minimum atomic E-state index is -1.17. The number of carbonyl (C=O) groups is 1. The Bertz CT molecular complexity index is 355. The second-order valence-electron chi connectivity index (χ2n) is 6.50. The highest BCUT2D eigenvalue weighted by Crippen LogP contribution is 2.18. The van der Waals surface area contributed by atoms with Crippen molar-refractivity contribution in [2.24, 2.45) is 0 Å². The molecule has 0 amide bonds. The van der Waals surface area contributed by atoms with Gasteiger partial charge in [-0.3, -0.25) is 0 Å². The van der Waals surface area contributed by atoms with Crippen LogP contribution in [0.4, 0.5) is 0 Å². The molecule has 1 aliphatic heterocycles. The second-order valence-corrected chi connectivity index (χ2v) is 6.50. The fourth-order valence-corrected chi connectivity index (χ4v) is 2.86. The monoisotopic (exact) mass is 328 g/mol. The van der Waals surface area contributed by atoms with Crippen LogP contribution in [0, 0.1) is 0 Å². The maximum atomic E-state index is 11.9. The van der Waals surface area contributed by atoms with Crippen LogP contribution in [0.3, 0.4) is 0 Å². The van der Waals surface area contributed by atoms with Gasteiger partial charge in [0.25, 0.3) is 0 Å². The molecule has 1 heterocycles. The lowest BCUT2D eigenvalue weighted by Gasteiger charge is -2.20. The summed E-state index contributed by atoms with van der Waals surface area (Å²) in [6, 6.07) is 0. The van der Waals surface area contributed by atoms with E-state index in [2.05, 4.69) is 6.92 Å². The van der Waals surface area contributed by atoms with Gasteiger partial charge in [0.05, 0.1) is 18.3 Å². The number of aliphatic hydroxyl groups is 3. The topological polar surface area (TPSA) is 87.0 Å². The van der Waals surface area contributed by atoms with Crippen molar-refractivity contribution < 1.29 is 24.9 Å². The zero-order chi connectivity index (χ0) is 17.1. The third-order valence-electron chi connectivity index (χ3n) is 4.31. The maximum Gasteiger partial charge on any atom is 0.330 e. The number of aliphatic hydroxyl groups excluding tert-OH is 3. The number of ether oxygens (including phenoxy) is 1. The lowest BCUT2D eigenvalue weighted by atomic mass is 9.99. The third-order valence-corrected chi connectivity index (χ3v) is 4.31. The Morgan fingerprint density at radius 2 is 1.87 bits per heavy atom. The van der Waals surface area contributed by atoms with E-state index in [1.807, 2.05) is 0 Å². The van der Waals surface area contributed by atoms with Gasteiger partial charge in [0.15, 0.2) is 0 Å². The van der Waals surface area contributed by atoms with Crippen LogP contribution in [0.5, 0.6) is 0 Å². The number of hydrogen-bond acceptors (Lipinski definition) is 5. The molecule has 0 aromatic rings. The van der Waals surface area contributed by atoms with Crippen molar-refractivity contribution in [1.29, 1.82) is 0 Å². The summed E-state index contributed by atoms with van der Waals surface area (Å²) in [5.74, 6) is -0.477. The van der Waals surface area contributed by atoms with Crippen molar-refractivity contribution in [3.05, 3.63) is 12.2 Å². The predicted octanol–water partition coefficient (Wildman–Crippen LogP) is 2.47. The highest BCUT2D eigenvalue weighted by molar-refractivity contribution is 5.82. The smallest absolute Gasteiger partial charge is 0.330 e. The van der Waals surface area contributed by atoms with Gasteiger partial charge < -0.3 is 20.1 Å². The first-order chi connectivity index (χ1) is 11.0. The van der Waals surface area contributed by atoms with E-state index in [1.54, 1.807) is 0 Å². The normalized spacial score (nSPS) is 32.8. The molecule has 5 heteroatoms. The van der Waals surface area contributed by atoms with Gasteiger partial charge in [-0.05, 0) is 38.2 Å². The van der Waals surface area contributed by atoms with Crippen molar-refractivity contribution in [1.82, 2.24) is 0 Å². The predicted molar refractivity (Wildman–Crippen MR) is 88.9 cm³/mol. The third kappa shape index (κ3) is 9.08. The van der Waals surface area contributed by atoms with Gasteiger partial charge >= 0.3 is 5.97 Å². The van der Waals surface area contributed by atoms with E-state index in [9.17, 15) is 20.1 Å². The fourth-order valence-electron chi connectivity index (χ4n) is 2.86. The Hall–Kier alpha value is -0.910. The van der Waals surface area contributed by atoms with Crippen LogP contribution in [0.2, 0.25) is 0 Å². The summed E-state index contributed by atoms with van der Waals surface area (Å²) < 4.78 is 5.48. The molecular formula is C18H32O5. The molecule has 0 saturated carbocycles. The Morgan fingerprint density at radius 1 is 1.13 bits per heavy atom. The first-order valence-electron chi connectivity index (χ1n) is 8.96. The molecule has 0 saturated heterocycles. The molecule has 134 valence electrons. The van der Waals surface area contributed by atoms with E-state index in [1.165, 1.54) is 12.2 Å². The van der Waals surface area contributed by atoms with Crippen molar-refractivity contribution in [2.45, 2.75) is 95.5 Å². The van der Waals surface area contributed by atoms with Gasteiger partial charge in [-0.25, -0.2) is 4.79 Å². The average Bonchev–Trinajstić information content (AvgIpc) is 2.51. The summed E-state index contributed by atoms with van der Waals surface area (Å²) in [5.41, 5.74) is 0. The van der Waals surface area contributed by atoms with Gasteiger partial charge in [-0.1, -0.05) is 32.6 Å². The van der Waals surface area contributed by atoms with Crippen LogP contribution in [-0.4, -0.2) is 45.7 Å². The minimum Gasteiger partial charge on any atom is -0.459 e. The van der Waals surface area contributed by atoms with Gasteiger partial charge in [0.1, 0.15) is 6.10 Å². The summed E-state index contributed by atoms with van der Waals surface area (Å²) in [5, 5.41) is 29.5. The Morgan fingerprint density at radius 3 is 2.61 bits per heavy atom. The maximum absolute atomic E-state index is 11.9. The number of hydrogen-bond donors (Lipinski definition) is 3. The van der Waals surface area contributed by atoms with Crippen LogP contribution in [0.25, 0.3) is 0 Å². The molecule has 0 spiro atoms. The van der Waals surface area contributed by atoms with E-state index in [4.69, 9.17) is 4.74 Å². The van der Waals surface area contributed by atoms with Gasteiger partial charge in [0, 0.05) is 12.5 Å². The van der Waals surface area contributed by atoms with E-state index in [0.29, 0.717) is 6.42 Å². The molecule has 0 aromatic heterocycles. The summed E-state index contributed by atoms with van der Waals surface area (Å²) in [6.07, 6.45) is 8.00. The molecule has 1 rings (SSSR count). The molecular weight excluding hydrogens is 296 g/mol. The summed E-state index contributed by atoms with van der Waals surface area (Å²) in [4.78, 5) is 11.9. The minimum absolute atomic E-state index is 0.0892. The molecule has 5 nitrogen and oxygen atoms in total. The molecule has 23 heavy (non-hydrogen) atoms. The SMILES string of the molecule is CCCCCC1CCCCC[C@H](O)C[C@@H](O)[C@H](O)/C=C/C(=O)O1. The van der Waals surface area contributed by atoms with Crippen LogP contribution in [-0.2, 0) is 9.53 Å². The fraction of sp³-hybridized carbons (Fsp3) is 0.833. The Kier molecular flexibility index (Phi) is 10.2. The van der Waals surface area contributed by atoms with Crippen molar-refractivity contribution >= 4 is 5.97 Å². The Balaban J connectivity index is 2.63. The van der Waals surface area contributed by atoms with Gasteiger partial charge in [-0.2, -0.15) is 0 Å². The quantitative estimate of drug-likeness (QED) is 0.545. The van der Waals surface area contributed by atoms with Gasteiger partial charge in [-0.15, -0.1) is 0 Å². The van der Waals surface area contributed by atoms with E-state index in [0.717, 1.165) is 51.4 Å². The highest BCUT2D eigenvalue weighted by atomic mass is 16.5. The summed E-state index contributed by atoms with van der Waals surface area (Å²) >= 11 is 0. The standard InChI is InChI=1S/C18H32O5/c1-2-3-5-9-15-10-7-4-6-8-14(19)13-17(21)16(20)11-12-18(22)23-15/h11-12,14-17,19-21H,2-10,13H2,1H3/b12-11+/t14-,15?,16+,17+/m0/s1. The number of rotatable bonds is 4. The molecule has 0 aromatic carbocycles. The lowest BCUT2D eigenvalue weighted by molar-refractivity contribution is -0.143. The zero-order valence-corrected chi connectivity index (χ0v) is 14.2. The average molecular weight is 328 g/mol. The van der Waals surface area contributed by atoms with Crippen molar-refractivity contribution in [2.75, 3.05) is 0 Å². The molecule has 1 aliphatic rings. The second kappa shape index (κ2) is 11.6. The first kappa shape index (κ1) is 20.1. The molecule has 0 fully saturated rings. The van der Waals surface area contributed by atoms with Crippen molar-refractivity contribution in [3.63, 3.8) is 0 Å². The number of esters is 1. The van der Waals surface area contributed by atoms with Crippen LogP contribution >= 0.6 is 0 Å². The molecule has 0 bridgehead atoms. The number of carbonyl (C=O) groups excluding carboxylic acids is 1. The molecule has 4 atom stereocenters. The molecule has 0 aliphatic carbocycles. The summed E-state index contributed by atoms with van der Waals surface area (Å²) in [6.45, 7) is 2.14. The van der Waals surface area contributed by atoms with E-state index >= 15 is 0 Å². The summed E-state index contributed by atoms with van der Waals surface area (Å²) in [7, 11) is 0. The number of cyclic esters (lactones) is 1.